The molecule has 1 aliphatic heterocycles. The summed E-state index contributed by atoms with van der Waals surface area (Å²) in [7, 11) is -3.11. The fourth-order valence-electron chi connectivity index (χ4n) is 2.93. The van der Waals surface area contributed by atoms with E-state index in [2.05, 4.69) is 10.3 Å². The van der Waals surface area contributed by atoms with E-state index in [4.69, 9.17) is 14.2 Å². The maximum absolute atomic E-state index is 11.4. The van der Waals surface area contributed by atoms with Gasteiger partial charge in [0.1, 0.15) is 23.4 Å². The Balaban J connectivity index is 1.73. The van der Waals surface area contributed by atoms with E-state index in [-0.39, 0.29) is 11.9 Å². The zero-order valence-electron chi connectivity index (χ0n) is 16.2. The van der Waals surface area contributed by atoms with Crippen molar-refractivity contribution in [1.82, 2.24) is 4.98 Å². The fourth-order valence-corrected chi connectivity index (χ4v) is 3.64. The van der Waals surface area contributed by atoms with Gasteiger partial charge in [0, 0.05) is 31.7 Å². The Kier molecular flexibility index (Phi) is 6.74. The number of aromatic nitrogens is 1. The molecule has 8 heteroatoms. The first-order valence-electron chi connectivity index (χ1n) is 9.36. The molecule has 1 N–H and O–H groups in total. The molecule has 1 fully saturated rings. The molecule has 0 bridgehead atoms. The summed E-state index contributed by atoms with van der Waals surface area (Å²) < 4.78 is 40.2. The fraction of sp³-hybridized carbons (Fsp3) is 0.450. The Bertz CT molecular complexity index is 878. The van der Waals surface area contributed by atoms with Crippen LogP contribution in [-0.2, 0) is 20.3 Å². The van der Waals surface area contributed by atoms with Crippen LogP contribution in [0.25, 0.3) is 0 Å². The summed E-state index contributed by atoms with van der Waals surface area (Å²) >= 11 is 0. The number of rotatable bonds is 8. The van der Waals surface area contributed by atoms with Crippen LogP contribution in [0.15, 0.2) is 36.5 Å². The highest BCUT2D eigenvalue weighted by Crippen LogP contribution is 2.33. The Morgan fingerprint density at radius 3 is 2.57 bits per heavy atom. The molecule has 0 saturated carbocycles. The van der Waals surface area contributed by atoms with Crippen LogP contribution in [0.2, 0.25) is 0 Å². The predicted molar refractivity (Wildman–Crippen MR) is 108 cm³/mol. The lowest BCUT2D eigenvalue weighted by atomic mass is 10.1. The number of pyridine rings is 1. The average Bonchev–Trinajstić information content (AvgIpc) is 2.65. The van der Waals surface area contributed by atoms with Crippen molar-refractivity contribution in [2.24, 2.45) is 0 Å². The van der Waals surface area contributed by atoms with Gasteiger partial charge in [-0.25, -0.2) is 8.42 Å². The number of anilines is 1. The number of benzene rings is 1. The van der Waals surface area contributed by atoms with Crippen molar-refractivity contribution in [3.8, 4) is 17.2 Å². The SMILES string of the molecule is CCNc1ccc(Oc2ccc(CS(C)(=O)=O)nc2)cc1OC1CCOCC1. The zero-order valence-corrected chi connectivity index (χ0v) is 17.0. The highest BCUT2D eigenvalue weighted by Gasteiger charge is 2.17. The number of nitrogens with one attached hydrogen (secondary N) is 1. The standard InChI is InChI=1S/C20H26N2O5S/c1-3-21-19-7-6-17(12-20(19)27-16-8-10-25-11-9-16)26-18-5-4-15(22-13-18)14-28(2,23)24/h4-7,12-13,16,21H,3,8-11,14H2,1-2H3. The smallest absolute Gasteiger partial charge is 0.153 e. The molecule has 152 valence electrons. The maximum Gasteiger partial charge on any atom is 0.153 e. The van der Waals surface area contributed by atoms with E-state index in [0.717, 1.165) is 30.8 Å². The van der Waals surface area contributed by atoms with Crippen LogP contribution in [-0.4, -0.2) is 45.5 Å². The van der Waals surface area contributed by atoms with Gasteiger partial charge in [-0.3, -0.25) is 4.98 Å². The monoisotopic (exact) mass is 406 g/mol. The molecule has 1 saturated heterocycles. The van der Waals surface area contributed by atoms with Crippen LogP contribution in [0.1, 0.15) is 25.5 Å². The summed E-state index contributed by atoms with van der Waals surface area (Å²) in [6, 6.07) is 9.02. The van der Waals surface area contributed by atoms with Crippen molar-refractivity contribution in [2.45, 2.75) is 31.6 Å². The molecule has 0 spiro atoms. The molecule has 0 atom stereocenters. The molecule has 0 aliphatic carbocycles. The summed E-state index contributed by atoms with van der Waals surface area (Å²) in [6.07, 6.45) is 4.56. The van der Waals surface area contributed by atoms with Crippen molar-refractivity contribution in [3.63, 3.8) is 0 Å². The number of hydrogen-bond acceptors (Lipinski definition) is 7. The van der Waals surface area contributed by atoms with Gasteiger partial charge >= 0.3 is 0 Å². The molecule has 7 nitrogen and oxygen atoms in total. The third-order valence-electron chi connectivity index (χ3n) is 4.23. The van der Waals surface area contributed by atoms with Gasteiger partial charge < -0.3 is 19.5 Å². The molecule has 1 aliphatic rings. The summed E-state index contributed by atoms with van der Waals surface area (Å²) in [4.78, 5) is 4.16. The molecule has 2 aromatic rings. The van der Waals surface area contributed by atoms with Crippen LogP contribution >= 0.6 is 0 Å². The summed E-state index contributed by atoms with van der Waals surface area (Å²) in [5, 5.41) is 3.30. The van der Waals surface area contributed by atoms with Gasteiger partial charge in [0.15, 0.2) is 9.84 Å². The molecule has 0 unspecified atom stereocenters. The molecule has 3 rings (SSSR count). The second-order valence-electron chi connectivity index (χ2n) is 6.78. The van der Waals surface area contributed by atoms with E-state index in [1.165, 1.54) is 12.5 Å². The van der Waals surface area contributed by atoms with Crippen molar-refractivity contribution in [2.75, 3.05) is 31.3 Å². The summed E-state index contributed by atoms with van der Waals surface area (Å²) in [6.45, 7) is 4.24. The number of sulfone groups is 1. The lowest BCUT2D eigenvalue weighted by Gasteiger charge is -2.25. The van der Waals surface area contributed by atoms with Gasteiger partial charge in [-0.2, -0.15) is 0 Å². The van der Waals surface area contributed by atoms with E-state index in [1.807, 2.05) is 25.1 Å². The predicted octanol–water partition coefficient (Wildman–Crippen LogP) is 3.41. The van der Waals surface area contributed by atoms with Gasteiger partial charge in [-0.15, -0.1) is 0 Å². The molecule has 0 amide bonds. The van der Waals surface area contributed by atoms with E-state index >= 15 is 0 Å². The van der Waals surface area contributed by atoms with E-state index in [9.17, 15) is 8.42 Å². The molecular weight excluding hydrogens is 380 g/mol. The first kappa shape index (κ1) is 20.4. The number of ether oxygens (including phenoxy) is 3. The van der Waals surface area contributed by atoms with Gasteiger partial charge in [0.2, 0.25) is 0 Å². The summed E-state index contributed by atoms with van der Waals surface area (Å²) in [5.41, 5.74) is 1.41. The highest BCUT2D eigenvalue weighted by molar-refractivity contribution is 7.89. The van der Waals surface area contributed by atoms with Gasteiger partial charge in [-0.05, 0) is 31.2 Å². The minimum absolute atomic E-state index is 0.0895. The summed E-state index contributed by atoms with van der Waals surface area (Å²) in [5.74, 6) is 1.81. The quantitative estimate of drug-likeness (QED) is 0.719. The third-order valence-corrected chi connectivity index (χ3v) is 5.05. The van der Waals surface area contributed by atoms with Crippen molar-refractivity contribution in [1.29, 1.82) is 0 Å². The Morgan fingerprint density at radius 1 is 1.18 bits per heavy atom. The molecule has 1 aromatic carbocycles. The molecular formula is C20H26N2O5S. The first-order chi connectivity index (χ1) is 13.4. The Hall–Kier alpha value is -2.32. The van der Waals surface area contributed by atoms with Crippen LogP contribution in [0.3, 0.4) is 0 Å². The molecule has 2 heterocycles. The minimum atomic E-state index is -3.11. The lowest BCUT2D eigenvalue weighted by molar-refractivity contribution is 0.0258. The first-order valence-corrected chi connectivity index (χ1v) is 11.4. The second-order valence-corrected chi connectivity index (χ2v) is 8.92. The average molecular weight is 407 g/mol. The lowest BCUT2D eigenvalue weighted by Crippen LogP contribution is -2.26. The van der Waals surface area contributed by atoms with Gasteiger partial charge in [0.25, 0.3) is 0 Å². The van der Waals surface area contributed by atoms with Crippen LogP contribution in [0.5, 0.6) is 17.2 Å². The number of hydrogen-bond donors (Lipinski definition) is 1. The zero-order chi connectivity index (χ0) is 20.0. The molecule has 28 heavy (non-hydrogen) atoms. The number of nitrogens with zero attached hydrogens (tertiary/aromatic N) is 1. The molecule has 1 aromatic heterocycles. The second kappa shape index (κ2) is 9.25. The normalized spacial score (nSPS) is 15.2. The minimum Gasteiger partial charge on any atom is -0.488 e. The maximum atomic E-state index is 11.4. The van der Waals surface area contributed by atoms with Crippen molar-refractivity contribution >= 4 is 15.5 Å². The van der Waals surface area contributed by atoms with E-state index in [1.54, 1.807) is 12.1 Å². The van der Waals surface area contributed by atoms with Gasteiger partial charge in [-0.1, -0.05) is 0 Å². The topological polar surface area (TPSA) is 86.8 Å². The molecule has 0 radical (unpaired) electrons. The van der Waals surface area contributed by atoms with E-state index in [0.29, 0.717) is 30.4 Å². The van der Waals surface area contributed by atoms with Crippen molar-refractivity contribution < 1.29 is 22.6 Å². The Morgan fingerprint density at radius 2 is 1.93 bits per heavy atom. The largest absolute Gasteiger partial charge is 0.488 e. The van der Waals surface area contributed by atoms with E-state index < -0.39 is 9.84 Å². The highest BCUT2D eigenvalue weighted by atomic mass is 32.2. The Labute approximate surface area is 166 Å². The van der Waals surface area contributed by atoms with Crippen LogP contribution in [0, 0.1) is 0 Å². The van der Waals surface area contributed by atoms with Gasteiger partial charge in [0.05, 0.1) is 36.5 Å². The third kappa shape index (κ3) is 6.10. The van der Waals surface area contributed by atoms with Crippen LogP contribution < -0.4 is 14.8 Å². The van der Waals surface area contributed by atoms with Crippen molar-refractivity contribution in [3.05, 3.63) is 42.2 Å². The van der Waals surface area contributed by atoms with Crippen LogP contribution in [0.4, 0.5) is 5.69 Å².